The molecule has 112 valence electrons. The predicted octanol–water partition coefficient (Wildman–Crippen LogP) is 2.74. The van der Waals surface area contributed by atoms with Gasteiger partial charge in [0.15, 0.2) is 5.82 Å². The summed E-state index contributed by atoms with van der Waals surface area (Å²) in [5, 5.41) is -0.147. The van der Waals surface area contributed by atoms with Gasteiger partial charge < -0.3 is 4.98 Å². The minimum absolute atomic E-state index is 0.147. The summed E-state index contributed by atoms with van der Waals surface area (Å²) >= 11 is 0. The summed E-state index contributed by atoms with van der Waals surface area (Å²) in [5.74, 6) is -6.55. The van der Waals surface area contributed by atoms with Crippen LogP contribution in [0.25, 0.3) is 10.9 Å². The van der Waals surface area contributed by atoms with Crippen LogP contribution in [0.1, 0.15) is 11.5 Å². The molecule has 0 aliphatic carbocycles. The van der Waals surface area contributed by atoms with Crippen molar-refractivity contribution in [3.05, 3.63) is 70.0 Å². The van der Waals surface area contributed by atoms with E-state index in [-0.39, 0.29) is 5.39 Å². The first-order valence-corrected chi connectivity index (χ1v) is 6.08. The lowest BCUT2D eigenvalue weighted by atomic mass is 10.1. The van der Waals surface area contributed by atoms with Crippen LogP contribution >= 0.6 is 0 Å². The Morgan fingerprint density at radius 1 is 1.09 bits per heavy atom. The molecule has 0 saturated carbocycles. The van der Waals surface area contributed by atoms with Crippen LogP contribution in [0, 0.1) is 11.6 Å². The van der Waals surface area contributed by atoms with Crippen LogP contribution in [-0.2, 0) is 5.92 Å². The van der Waals surface area contributed by atoms with E-state index in [1.54, 1.807) is 0 Å². The van der Waals surface area contributed by atoms with Gasteiger partial charge in [0.1, 0.15) is 22.8 Å². The van der Waals surface area contributed by atoms with Gasteiger partial charge >= 0.3 is 5.92 Å². The van der Waals surface area contributed by atoms with Gasteiger partial charge in [0.2, 0.25) is 0 Å². The van der Waals surface area contributed by atoms with Crippen LogP contribution in [0.15, 0.2) is 41.3 Å². The van der Waals surface area contributed by atoms with Gasteiger partial charge in [-0.15, -0.1) is 0 Å². The van der Waals surface area contributed by atoms with E-state index in [0.29, 0.717) is 6.20 Å². The van der Waals surface area contributed by atoms with Crippen molar-refractivity contribution in [1.82, 2.24) is 15.0 Å². The first kappa shape index (κ1) is 14.2. The summed E-state index contributed by atoms with van der Waals surface area (Å²) < 4.78 is 55.1. The highest BCUT2D eigenvalue weighted by atomic mass is 19.3. The van der Waals surface area contributed by atoms with Crippen LogP contribution in [0.3, 0.4) is 0 Å². The number of rotatable bonds is 2. The van der Waals surface area contributed by atoms with Crippen molar-refractivity contribution in [1.29, 1.82) is 0 Å². The average molecular weight is 309 g/mol. The SMILES string of the molecule is O=c1[nH]c(C(F)(F)c2ccc(F)cn2)nc2c(F)cccc12. The smallest absolute Gasteiger partial charge is 0.305 e. The quantitative estimate of drug-likeness (QED) is 0.741. The summed E-state index contributed by atoms with van der Waals surface area (Å²) in [4.78, 5) is 20.5. The number of halogens is 4. The molecule has 0 aliphatic rings. The number of aromatic amines is 1. The molecular weight excluding hydrogens is 302 g/mol. The number of hydrogen-bond acceptors (Lipinski definition) is 3. The Bertz CT molecular complexity index is 906. The number of H-pyrrole nitrogens is 1. The fourth-order valence-electron chi connectivity index (χ4n) is 1.96. The largest absolute Gasteiger partial charge is 0.346 e. The molecule has 4 nitrogen and oxygen atoms in total. The third kappa shape index (κ3) is 2.22. The normalized spacial score (nSPS) is 11.8. The third-order valence-corrected chi connectivity index (χ3v) is 3.03. The van der Waals surface area contributed by atoms with Crippen molar-refractivity contribution in [3.8, 4) is 0 Å². The van der Waals surface area contributed by atoms with Crippen LogP contribution in [0.5, 0.6) is 0 Å². The Morgan fingerprint density at radius 2 is 1.86 bits per heavy atom. The van der Waals surface area contributed by atoms with Crippen molar-refractivity contribution in [2.75, 3.05) is 0 Å². The van der Waals surface area contributed by atoms with Crippen molar-refractivity contribution in [2.45, 2.75) is 5.92 Å². The monoisotopic (exact) mass is 309 g/mol. The lowest BCUT2D eigenvalue weighted by Crippen LogP contribution is -2.25. The standard InChI is InChI=1S/C14H7F4N3O/c15-7-4-5-10(19-6-7)14(17,18)13-20-11-8(12(22)21-13)2-1-3-9(11)16/h1-6H,(H,20,21,22). The number of benzene rings is 1. The van der Waals surface area contributed by atoms with Crippen LogP contribution in [0.4, 0.5) is 17.6 Å². The molecule has 0 fully saturated rings. The minimum Gasteiger partial charge on any atom is -0.305 e. The Morgan fingerprint density at radius 3 is 2.55 bits per heavy atom. The number of pyridine rings is 1. The van der Waals surface area contributed by atoms with Gasteiger partial charge in [-0.05, 0) is 24.3 Å². The fourth-order valence-corrected chi connectivity index (χ4v) is 1.96. The highest BCUT2D eigenvalue weighted by molar-refractivity contribution is 5.78. The minimum atomic E-state index is -3.80. The second-order valence-corrected chi connectivity index (χ2v) is 4.49. The molecule has 2 aromatic heterocycles. The van der Waals surface area contributed by atoms with Crippen molar-refractivity contribution >= 4 is 10.9 Å². The van der Waals surface area contributed by atoms with Gasteiger partial charge in [-0.25, -0.2) is 13.8 Å². The van der Waals surface area contributed by atoms with E-state index in [1.165, 1.54) is 12.1 Å². The lowest BCUT2D eigenvalue weighted by molar-refractivity contribution is 0.0281. The predicted molar refractivity (Wildman–Crippen MR) is 69.5 cm³/mol. The maximum Gasteiger partial charge on any atom is 0.346 e. The van der Waals surface area contributed by atoms with E-state index >= 15 is 0 Å². The van der Waals surface area contributed by atoms with E-state index in [9.17, 15) is 22.4 Å². The molecule has 2 heterocycles. The molecular formula is C14H7F4N3O. The van der Waals surface area contributed by atoms with Gasteiger partial charge in [-0.3, -0.25) is 9.78 Å². The van der Waals surface area contributed by atoms with E-state index in [1.807, 2.05) is 4.98 Å². The van der Waals surface area contributed by atoms with Crippen LogP contribution in [0.2, 0.25) is 0 Å². The zero-order valence-corrected chi connectivity index (χ0v) is 10.8. The summed E-state index contributed by atoms with van der Waals surface area (Å²) in [7, 11) is 0. The fraction of sp³-hybridized carbons (Fsp3) is 0.0714. The maximum absolute atomic E-state index is 14.3. The number of fused-ring (bicyclic) bond motifs is 1. The molecule has 0 spiro atoms. The van der Waals surface area contributed by atoms with Crippen molar-refractivity contribution < 1.29 is 17.6 Å². The van der Waals surface area contributed by atoms with Gasteiger partial charge in [0.25, 0.3) is 5.56 Å². The second kappa shape index (κ2) is 4.90. The Kier molecular flexibility index (Phi) is 3.16. The molecule has 1 aromatic carbocycles. The molecule has 3 rings (SSSR count). The molecule has 0 amide bonds. The highest BCUT2D eigenvalue weighted by Crippen LogP contribution is 2.32. The van der Waals surface area contributed by atoms with Crippen molar-refractivity contribution in [2.24, 2.45) is 0 Å². The van der Waals surface area contributed by atoms with E-state index in [0.717, 1.165) is 18.2 Å². The number of hydrogen-bond donors (Lipinski definition) is 1. The van der Waals surface area contributed by atoms with Gasteiger partial charge in [0, 0.05) is 0 Å². The number of para-hydroxylation sites is 1. The maximum atomic E-state index is 14.3. The van der Waals surface area contributed by atoms with E-state index < -0.39 is 40.2 Å². The van der Waals surface area contributed by atoms with E-state index in [2.05, 4.69) is 9.97 Å². The Hall–Kier alpha value is -2.77. The molecule has 0 bridgehead atoms. The molecule has 0 saturated heterocycles. The first-order valence-electron chi connectivity index (χ1n) is 6.08. The Balaban J connectivity index is 2.23. The summed E-state index contributed by atoms with van der Waals surface area (Å²) in [5.41, 5.74) is -2.18. The molecule has 0 unspecified atom stereocenters. The molecule has 22 heavy (non-hydrogen) atoms. The van der Waals surface area contributed by atoms with E-state index in [4.69, 9.17) is 0 Å². The highest BCUT2D eigenvalue weighted by Gasteiger charge is 2.39. The summed E-state index contributed by atoms with van der Waals surface area (Å²) in [6.45, 7) is 0. The number of aromatic nitrogens is 3. The number of alkyl halides is 2. The van der Waals surface area contributed by atoms with Gasteiger partial charge in [-0.2, -0.15) is 8.78 Å². The summed E-state index contributed by atoms with van der Waals surface area (Å²) in [6.07, 6.45) is 0.614. The number of nitrogens with one attached hydrogen (secondary N) is 1. The zero-order valence-electron chi connectivity index (χ0n) is 10.8. The lowest BCUT2D eigenvalue weighted by Gasteiger charge is -2.15. The molecule has 0 radical (unpaired) electrons. The molecule has 3 aromatic rings. The topological polar surface area (TPSA) is 58.6 Å². The van der Waals surface area contributed by atoms with Crippen LogP contribution in [-0.4, -0.2) is 15.0 Å². The van der Waals surface area contributed by atoms with Gasteiger partial charge in [-0.1, -0.05) is 6.07 Å². The third-order valence-electron chi connectivity index (χ3n) is 3.03. The van der Waals surface area contributed by atoms with Crippen molar-refractivity contribution in [3.63, 3.8) is 0 Å². The average Bonchev–Trinajstić information content (AvgIpc) is 2.48. The zero-order chi connectivity index (χ0) is 15.9. The summed E-state index contributed by atoms with van der Waals surface area (Å²) in [6, 6.07) is 5.11. The molecule has 0 atom stereocenters. The van der Waals surface area contributed by atoms with Crippen LogP contribution < -0.4 is 5.56 Å². The molecule has 0 aliphatic heterocycles. The van der Waals surface area contributed by atoms with Gasteiger partial charge in [0.05, 0.1) is 11.6 Å². The second-order valence-electron chi connectivity index (χ2n) is 4.49. The molecule has 1 N–H and O–H groups in total. The molecule has 8 heteroatoms. The first-order chi connectivity index (χ1) is 10.4. The number of nitrogens with zero attached hydrogens (tertiary/aromatic N) is 2. The Labute approximate surface area is 120 Å².